The number of piperidine rings is 1. The van der Waals surface area contributed by atoms with Crippen molar-refractivity contribution in [1.82, 2.24) is 8.87 Å². The van der Waals surface area contributed by atoms with Gasteiger partial charge in [-0.3, -0.25) is 4.79 Å². The van der Waals surface area contributed by atoms with Crippen LogP contribution in [0.4, 0.5) is 0 Å². The van der Waals surface area contributed by atoms with E-state index in [0.29, 0.717) is 29.4 Å². The molecule has 4 heterocycles. The predicted molar refractivity (Wildman–Crippen MR) is 117 cm³/mol. The predicted octanol–water partition coefficient (Wildman–Crippen LogP) is 3.39. The number of methoxy groups -OCH3 is 1. The average Bonchev–Trinajstić information content (AvgIpc) is 3.30. The summed E-state index contributed by atoms with van der Waals surface area (Å²) >= 11 is 1.25. The van der Waals surface area contributed by atoms with E-state index in [1.54, 1.807) is 28.9 Å². The van der Waals surface area contributed by atoms with Gasteiger partial charge in [0.25, 0.3) is 15.6 Å². The first-order chi connectivity index (χ1) is 14.5. The number of fused-ring (bicyclic) bond motifs is 4. The number of thiophene rings is 1. The Bertz CT molecular complexity index is 1230. The Labute approximate surface area is 179 Å². The second-order valence-corrected chi connectivity index (χ2v) is 11.0. The summed E-state index contributed by atoms with van der Waals surface area (Å²) in [7, 11) is -1.86. The van der Waals surface area contributed by atoms with Gasteiger partial charge >= 0.3 is 0 Å². The van der Waals surface area contributed by atoms with E-state index in [2.05, 4.69) is 0 Å². The number of nitrogens with zero attached hydrogens (tertiary/aromatic N) is 2. The van der Waals surface area contributed by atoms with Crippen LogP contribution >= 0.6 is 11.3 Å². The molecule has 2 atom stereocenters. The molecule has 1 fully saturated rings. The van der Waals surface area contributed by atoms with E-state index in [-0.39, 0.29) is 17.4 Å². The third-order valence-electron chi connectivity index (χ3n) is 6.06. The molecular formula is C22H22N2O4S2. The van der Waals surface area contributed by atoms with E-state index in [0.717, 1.165) is 23.4 Å². The van der Waals surface area contributed by atoms with Gasteiger partial charge in [-0.2, -0.15) is 4.31 Å². The number of aromatic nitrogens is 1. The number of hydrogen-bond donors (Lipinski definition) is 0. The van der Waals surface area contributed by atoms with E-state index < -0.39 is 10.0 Å². The molecular weight excluding hydrogens is 420 g/mol. The van der Waals surface area contributed by atoms with Crippen LogP contribution < -0.4 is 10.3 Å². The first-order valence-electron chi connectivity index (χ1n) is 9.89. The van der Waals surface area contributed by atoms with Crippen molar-refractivity contribution in [3.8, 4) is 16.9 Å². The molecule has 2 aromatic heterocycles. The molecule has 30 heavy (non-hydrogen) atoms. The van der Waals surface area contributed by atoms with E-state index in [1.165, 1.54) is 11.3 Å². The van der Waals surface area contributed by atoms with Gasteiger partial charge in [0, 0.05) is 36.8 Å². The second-order valence-electron chi connectivity index (χ2n) is 7.87. The molecule has 3 aromatic rings. The van der Waals surface area contributed by atoms with E-state index in [4.69, 9.17) is 4.74 Å². The lowest BCUT2D eigenvalue weighted by Gasteiger charge is -2.42. The van der Waals surface area contributed by atoms with Crippen LogP contribution in [0.5, 0.6) is 5.75 Å². The van der Waals surface area contributed by atoms with Crippen molar-refractivity contribution in [2.24, 2.45) is 5.92 Å². The molecule has 2 bridgehead atoms. The molecule has 6 nitrogen and oxygen atoms in total. The number of ether oxygens (including phenoxy) is 1. The highest BCUT2D eigenvalue weighted by Crippen LogP contribution is 2.38. The van der Waals surface area contributed by atoms with Crippen LogP contribution in [0.2, 0.25) is 0 Å². The smallest absolute Gasteiger partial charge is 0.258 e. The van der Waals surface area contributed by atoms with E-state index in [1.807, 2.05) is 41.0 Å². The zero-order valence-corrected chi connectivity index (χ0v) is 18.2. The molecule has 0 spiro atoms. The van der Waals surface area contributed by atoms with Crippen LogP contribution in [-0.2, 0) is 16.6 Å². The second kappa shape index (κ2) is 7.37. The van der Waals surface area contributed by atoms with E-state index >= 15 is 0 Å². The summed E-state index contributed by atoms with van der Waals surface area (Å²) in [6.07, 6.45) is 0.914. The quantitative estimate of drug-likeness (QED) is 0.621. The number of benzene rings is 1. The topological polar surface area (TPSA) is 68.6 Å². The first-order valence-corrected chi connectivity index (χ1v) is 12.2. The highest BCUT2D eigenvalue weighted by Gasteiger charge is 2.40. The molecule has 2 aliphatic rings. The Morgan fingerprint density at radius 3 is 2.53 bits per heavy atom. The summed E-state index contributed by atoms with van der Waals surface area (Å²) in [5.74, 6) is 0.915. The minimum absolute atomic E-state index is 0.0121. The average molecular weight is 443 g/mol. The lowest BCUT2D eigenvalue weighted by molar-refractivity contribution is 0.186. The Balaban J connectivity index is 1.49. The summed E-state index contributed by atoms with van der Waals surface area (Å²) in [6.45, 7) is 1.42. The van der Waals surface area contributed by atoms with Crippen LogP contribution in [0, 0.1) is 5.92 Å². The van der Waals surface area contributed by atoms with Gasteiger partial charge in [-0.1, -0.05) is 18.2 Å². The molecule has 0 N–H and O–H groups in total. The normalized spacial score (nSPS) is 21.2. The molecule has 0 aliphatic carbocycles. The SMILES string of the molecule is COc1ccc(-c2ccc3n(c2=O)C[C@H]2C[C@@H]3CN(S(=O)(=O)c3cccs3)C2)cc1. The number of sulfonamides is 1. The minimum Gasteiger partial charge on any atom is -0.497 e. The van der Waals surface area contributed by atoms with Gasteiger partial charge in [0.05, 0.1) is 7.11 Å². The molecule has 1 saturated heterocycles. The van der Waals surface area contributed by atoms with Crippen LogP contribution in [-0.4, -0.2) is 37.5 Å². The van der Waals surface area contributed by atoms with Gasteiger partial charge in [0.1, 0.15) is 9.96 Å². The standard InChI is InChI=1S/C22H22N2O4S2/c1-28-18-6-4-16(5-7-18)19-8-9-20-17-11-15(13-24(20)22(19)25)12-23(14-17)30(26,27)21-3-2-10-29-21/h2-10,15,17H,11-14H2,1H3/t15-,17+/m0/s1. The Morgan fingerprint density at radius 1 is 1.03 bits per heavy atom. The number of pyridine rings is 1. The third kappa shape index (κ3) is 3.19. The molecule has 156 valence electrons. The largest absolute Gasteiger partial charge is 0.497 e. The van der Waals surface area contributed by atoms with Gasteiger partial charge in [-0.05, 0) is 53.6 Å². The van der Waals surface area contributed by atoms with Gasteiger partial charge in [-0.15, -0.1) is 11.3 Å². The molecule has 0 amide bonds. The summed E-state index contributed by atoms with van der Waals surface area (Å²) in [5, 5.41) is 1.78. The molecule has 0 unspecified atom stereocenters. The summed E-state index contributed by atoms with van der Waals surface area (Å²) < 4.78 is 35.1. The summed E-state index contributed by atoms with van der Waals surface area (Å²) in [4.78, 5) is 13.3. The first kappa shape index (κ1) is 19.5. The number of hydrogen-bond acceptors (Lipinski definition) is 5. The van der Waals surface area contributed by atoms with Crippen molar-refractivity contribution < 1.29 is 13.2 Å². The number of rotatable bonds is 4. The highest BCUT2D eigenvalue weighted by molar-refractivity contribution is 7.91. The third-order valence-corrected chi connectivity index (χ3v) is 9.27. The lowest BCUT2D eigenvalue weighted by atomic mass is 9.84. The zero-order chi connectivity index (χ0) is 20.9. The summed E-state index contributed by atoms with van der Waals surface area (Å²) in [5.41, 5.74) is 2.43. The minimum atomic E-state index is -3.48. The van der Waals surface area contributed by atoms with Crippen LogP contribution in [0.3, 0.4) is 0 Å². The van der Waals surface area contributed by atoms with Crippen molar-refractivity contribution in [2.75, 3.05) is 20.2 Å². The monoisotopic (exact) mass is 442 g/mol. The molecule has 0 radical (unpaired) electrons. The van der Waals surface area contributed by atoms with Crippen molar-refractivity contribution in [1.29, 1.82) is 0 Å². The Morgan fingerprint density at radius 2 is 1.83 bits per heavy atom. The summed E-state index contributed by atoms with van der Waals surface area (Å²) in [6, 6.07) is 14.7. The van der Waals surface area contributed by atoms with Gasteiger partial charge < -0.3 is 9.30 Å². The molecule has 5 rings (SSSR count). The fourth-order valence-corrected chi connectivity index (χ4v) is 7.33. The fraction of sp³-hybridized carbons (Fsp3) is 0.318. The van der Waals surface area contributed by atoms with Crippen LogP contribution in [0.15, 0.2) is 62.9 Å². The van der Waals surface area contributed by atoms with Crippen LogP contribution in [0.25, 0.3) is 11.1 Å². The lowest BCUT2D eigenvalue weighted by Crippen LogP contribution is -2.49. The zero-order valence-electron chi connectivity index (χ0n) is 16.5. The van der Waals surface area contributed by atoms with Crippen molar-refractivity contribution in [3.05, 3.63) is 70.0 Å². The molecule has 0 saturated carbocycles. The van der Waals surface area contributed by atoms with Crippen molar-refractivity contribution in [3.63, 3.8) is 0 Å². The fourth-order valence-electron chi connectivity index (χ4n) is 4.63. The van der Waals surface area contributed by atoms with E-state index in [9.17, 15) is 13.2 Å². The maximum absolute atomic E-state index is 13.3. The van der Waals surface area contributed by atoms with Gasteiger partial charge in [0.15, 0.2) is 0 Å². The molecule has 2 aliphatic heterocycles. The highest BCUT2D eigenvalue weighted by atomic mass is 32.2. The Kier molecular flexibility index (Phi) is 4.80. The molecule has 8 heteroatoms. The van der Waals surface area contributed by atoms with Crippen molar-refractivity contribution in [2.45, 2.75) is 23.1 Å². The Hall–Kier alpha value is -2.42. The molecule has 1 aromatic carbocycles. The van der Waals surface area contributed by atoms with Crippen molar-refractivity contribution >= 4 is 21.4 Å². The maximum Gasteiger partial charge on any atom is 0.258 e. The van der Waals surface area contributed by atoms with Crippen LogP contribution in [0.1, 0.15) is 18.0 Å². The maximum atomic E-state index is 13.3. The van der Waals surface area contributed by atoms with Gasteiger partial charge in [0.2, 0.25) is 0 Å². The van der Waals surface area contributed by atoms with Gasteiger partial charge in [-0.25, -0.2) is 8.42 Å².